The van der Waals surface area contributed by atoms with E-state index in [0.717, 1.165) is 4.90 Å². The smallest absolute Gasteiger partial charge is 0.335 e. The predicted octanol–water partition coefficient (Wildman–Crippen LogP) is 5.23. The number of ether oxygens (including phenoxy) is 1. The molecule has 0 atom stereocenters. The molecule has 4 rings (SSSR count). The Hall–Kier alpha value is -4.02. The molecule has 3 aromatic rings. The molecule has 188 valence electrons. The van der Waals surface area contributed by atoms with Crippen LogP contribution in [0, 0.1) is 12.7 Å². The van der Waals surface area contributed by atoms with Crippen LogP contribution in [0.2, 0.25) is 5.02 Å². The molecule has 5 amide bonds. The first-order valence-electron chi connectivity index (χ1n) is 10.8. The molecule has 8 nitrogen and oxygen atoms in total. The normalized spacial score (nSPS) is 14.5. The molecular weight excluding hydrogens is 569 g/mol. The Labute approximate surface area is 224 Å². The lowest BCUT2D eigenvalue weighted by molar-refractivity contribution is -0.122. The first-order chi connectivity index (χ1) is 17.7. The van der Waals surface area contributed by atoms with Crippen LogP contribution in [0.15, 0.2) is 70.7 Å². The summed E-state index contributed by atoms with van der Waals surface area (Å²) >= 11 is 9.47. The zero-order chi connectivity index (χ0) is 26.7. The molecule has 0 unspecified atom stereocenters. The van der Waals surface area contributed by atoms with Crippen molar-refractivity contribution in [3.63, 3.8) is 0 Å². The van der Waals surface area contributed by atoms with Gasteiger partial charge in [0.2, 0.25) is 0 Å². The number of hydrogen-bond donors (Lipinski definition) is 2. The highest BCUT2D eigenvalue weighted by Crippen LogP contribution is 2.31. The van der Waals surface area contributed by atoms with Crippen LogP contribution in [-0.2, 0) is 14.4 Å². The maximum absolute atomic E-state index is 13.7. The van der Waals surface area contributed by atoms with E-state index in [2.05, 4.69) is 26.6 Å². The van der Waals surface area contributed by atoms with Gasteiger partial charge in [-0.2, -0.15) is 0 Å². The van der Waals surface area contributed by atoms with E-state index in [-0.39, 0.29) is 23.6 Å². The second kappa shape index (κ2) is 10.9. The van der Waals surface area contributed by atoms with Gasteiger partial charge in [0.05, 0.1) is 15.8 Å². The summed E-state index contributed by atoms with van der Waals surface area (Å²) in [6.45, 7) is 1.27. The molecule has 11 heteroatoms. The van der Waals surface area contributed by atoms with Crippen LogP contribution in [0.3, 0.4) is 0 Å². The number of anilines is 2. The van der Waals surface area contributed by atoms with Gasteiger partial charge in [0.25, 0.3) is 17.7 Å². The molecule has 1 heterocycles. The number of benzene rings is 3. The molecule has 1 fully saturated rings. The Bertz CT molecular complexity index is 1480. The summed E-state index contributed by atoms with van der Waals surface area (Å²) in [5.41, 5.74) is 0.985. The third-order valence-corrected chi connectivity index (χ3v) is 6.38. The van der Waals surface area contributed by atoms with Crippen molar-refractivity contribution in [2.45, 2.75) is 6.92 Å². The molecule has 0 saturated carbocycles. The van der Waals surface area contributed by atoms with Crippen molar-refractivity contribution in [1.29, 1.82) is 0 Å². The predicted molar refractivity (Wildman–Crippen MR) is 140 cm³/mol. The molecule has 2 N–H and O–H groups in total. The number of carbonyl (C=O) groups is 4. The summed E-state index contributed by atoms with van der Waals surface area (Å²) in [5.74, 6) is -2.47. The Morgan fingerprint density at radius 2 is 1.89 bits per heavy atom. The molecular formula is C26H18BrClFN3O5. The van der Waals surface area contributed by atoms with Gasteiger partial charge in [0, 0.05) is 5.02 Å². The number of urea groups is 1. The van der Waals surface area contributed by atoms with Crippen LogP contribution in [0.4, 0.5) is 20.6 Å². The van der Waals surface area contributed by atoms with Crippen molar-refractivity contribution in [2.75, 3.05) is 16.8 Å². The van der Waals surface area contributed by atoms with Crippen molar-refractivity contribution >= 4 is 68.7 Å². The van der Waals surface area contributed by atoms with E-state index in [1.165, 1.54) is 30.3 Å². The van der Waals surface area contributed by atoms with E-state index in [0.29, 0.717) is 26.4 Å². The van der Waals surface area contributed by atoms with Gasteiger partial charge >= 0.3 is 6.03 Å². The first-order valence-corrected chi connectivity index (χ1v) is 12.0. The van der Waals surface area contributed by atoms with E-state index in [1.54, 1.807) is 43.3 Å². The summed E-state index contributed by atoms with van der Waals surface area (Å²) in [4.78, 5) is 51.1. The fourth-order valence-corrected chi connectivity index (χ4v) is 4.18. The number of nitrogens with zero attached hydrogens (tertiary/aromatic N) is 1. The van der Waals surface area contributed by atoms with Gasteiger partial charge in [0.15, 0.2) is 6.61 Å². The minimum Gasteiger partial charge on any atom is -0.483 e. The third-order valence-electron chi connectivity index (χ3n) is 5.36. The summed E-state index contributed by atoms with van der Waals surface area (Å²) in [7, 11) is 0. The summed E-state index contributed by atoms with van der Waals surface area (Å²) in [6, 6.07) is 14.3. The molecule has 37 heavy (non-hydrogen) atoms. The Balaban J connectivity index is 1.51. The largest absolute Gasteiger partial charge is 0.483 e. The lowest BCUT2D eigenvalue weighted by Crippen LogP contribution is -2.54. The Kier molecular flexibility index (Phi) is 7.70. The van der Waals surface area contributed by atoms with Gasteiger partial charge in [-0.15, -0.1) is 0 Å². The number of amides is 5. The van der Waals surface area contributed by atoms with Gasteiger partial charge in [-0.1, -0.05) is 35.9 Å². The highest BCUT2D eigenvalue weighted by atomic mass is 79.9. The highest BCUT2D eigenvalue weighted by molar-refractivity contribution is 9.10. The maximum atomic E-state index is 13.7. The van der Waals surface area contributed by atoms with Crippen molar-refractivity contribution in [1.82, 2.24) is 5.32 Å². The minimum absolute atomic E-state index is 0.0352. The van der Waals surface area contributed by atoms with Gasteiger partial charge in [-0.3, -0.25) is 19.7 Å². The second-order valence-corrected chi connectivity index (χ2v) is 9.11. The molecule has 3 aromatic carbocycles. The quantitative estimate of drug-likeness (QED) is 0.304. The van der Waals surface area contributed by atoms with Crippen molar-refractivity contribution in [2.24, 2.45) is 0 Å². The zero-order valence-electron chi connectivity index (χ0n) is 19.2. The lowest BCUT2D eigenvalue weighted by atomic mass is 10.1. The number of nitrogens with one attached hydrogen (secondary N) is 2. The number of rotatable bonds is 6. The average Bonchev–Trinajstić information content (AvgIpc) is 2.85. The van der Waals surface area contributed by atoms with Gasteiger partial charge in [-0.05, 0) is 76.5 Å². The molecule has 1 aliphatic heterocycles. The molecule has 0 aromatic heterocycles. The lowest BCUT2D eigenvalue weighted by Gasteiger charge is -2.27. The van der Waals surface area contributed by atoms with E-state index in [1.807, 2.05) is 0 Å². The molecule has 0 spiro atoms. The van der Waals surface area contributed by atoms with Crippen molar-refractivity contribution < 1.29 is 28.3 Å². The summed E-state index contributed by atoms with van der Waals surface area (Å²) in [5, 5.41) is 4.95. The van der Waals surface area contributed by atoms with E-state index in [4.69, 9.17) is 16.3 Å². The highest BCUT2D eigenvalue weighted by Gasteiger charge is 2.37. The van der Waals surface area contributed by atoms with Crippen LogP contribution >= 0.6 is 27.5 Å². The fraction of sp³-hybridized carbons (Fsp3) is 0.0769. The van der Waals surface area contributed by atoms with Gasteiger partial charge in [-0.25, -0.2) is 14.1 Å². The van der Waals surface area contributed by atoms with E-state index in [9.17, 15) is 23.6 Å². The number of carbonyl (C=O) groups excluding carboxylic acids is 4. The summed E-state index contributed by atoms with van der Waals surface area (Å²) in [6.07, 6.45) is 1.33. The third kappa shape index (κ3) is 5.71. The van der Waals surface area contributed by atoms with Crippen LogP contribution in [-0.4, -0.2) is 30.4 Å². The SMILES string of the molecule is Cc1c(Cl)cccc1N1C(=O)NC(=O)/C(=C/c2ccc(OCC(=O)Nc3ccccc3F)c(Br)c2)C1=O. The average molecular weight is 587 g/mol. The molecule has 0 radical (unpaired) electrons. The van der Waals surface area contributed by atoms with Crippen molar-refractivity contribution in [3.8, 4) is 5.75 Å². The number of halogens is 3. The number of para-hydroxylation sites is 1. The van der Waals surface area contributed by atoms with Gasteiger partial charge in [0.1, 0.15) is 17.1 Å². The maximum Gasteiger partial charge on any atom is 0.335 e. The number of imide groups is 2. The van der Waals surface area contributed by atoms with Crippen LogP contribution in [0.25, 0.3) is 6.08 Å². The van der Waals surface area contributed by atoms with E-state index >= 15 is 0 Å². The topological polar surface area (TPSA) is 105 Å². The Morgan fingerprint density at radius 1 is 1.14 bits per heavy atom. The zero-order valence-corrected chi connectivity index (χ0v) is 21.5. The molecule has 1 saturated heterocycles. The monoisotopic (exact) mass is 585 g/mol. The molecule has 0 bridgehead atoms. The summed E-state index contributed by atoms with van der Waals surface area (Å²) < 4.78 is 19.6. The minimum atomic E-state index is -0.879. The fourth-order valence-electron chi connectivity index (χ4n) is 3.50. The van der Waals surface area contributed by atoms with Crippen molar-refractivity contribution in [3.05, 3.63) is 92.7 Å². The Morgan fingerprint density at radius 3 is 2.62 bits per heavy atom. The van der Waals surface area contributed by atoms with E-state index < -0.39 is 29.6 Å². The van der Waals surface area contributed by atoms with Gasteiger partial charge < -0.3 is 10.1 Å². The molecule has 1 aliphatic rings. The van der Waals surface area contributed by atoms with Crippen LogP contribution < -0.4 is 20.3 Å². The standard InChI is InChI=1S/C26H18BrClFN3O5/c1-14-18(28)5-4-8-21(14)32-25(35)16(24(34)31-26(32)36)11-15-9-10-22(17(27)12-15)37-13-23(33)30-20-7-3-2-6-19(20)29/h2-12H,13H2,1H3,(H,30,33)(H,31,34,36)/b16-11-. The van der Waals surface area contributed by atoms with Crippen LogP contribution in [0.1, 0.15) is 11.1 Å². The number of barbiturate groups is 1. The van der Waals surface area contributed by atoms with Crippen LogP contribution in [0.5, 0.6) is 5.75 Å². The molecule has 0 aliphatic carbocycles. The number of hydrogen-bond acceptors (Lipinski definition) is 5. The first kappa shape index (κ1) is 26.1. The second-order valence-electron chi connectivity index (χ2n) is 7.85.